The summed E-state index contributed by atoms with van der Waals surface area (Å²) in [6, 6.07) is 8.52. The van der Waals surface area contributed by atoms with Gasteiger partial charge in [0.25, 0.3) is 0 Å². The third kappa shape index (κ3) is 4.01. The molecule has 5 heteroatoms. The van der Waals surface area contributed by atoms with Crippen LogP contribution in [0.2, 0.25) is 0 Å². The number of methoxy groups -OCH3 is 1. The first-order valence-corrected chi connectivity index (χ1v) is 5.44. The molecular weight excluding hydrogens is 234 g/mol. The summed E-state index contributed by atoms with van der Waals surface area (Å²) >= 11 is 0. The van der Waals surface area contributed by atoms with E-state index in [9.17, 15) is 9.59 Å². The zero-order chi connectivity index (χ0) is 13.5. The number of carbonyl (C=O) groups is 2. The van der Waals surface area contributed by atoms with Crippen molar-refractivity contribution in [1.29, 1.82) is 0 Å². The Labute approximate surface area is 105 Å². The predicted octanol–water partition coefficient (Wildman–Crippen LogP) is 1.84. The summed E-state index contributed by atoms with van der Waals surface area (Å²) in [5, 5.41) is 8.82. The molecule has 0 heterocycles. The Kier molecular flexibility index (Phi) is 5.05. The lowest BCUT2D eigenvalue weighted by molar-refractivity contribution is -0.141. The molecule has 0 aliphatic rings. The number of hydrogen-bond acceptors (Lipinski definition) is 4. The summed E-state index contributed by atoms with van der Waals surface area (Å²) in [6.45, 7) is 1.40. The summed E-state index contributed by atoms with van der Waals surface area (Å²) in [5.74, 6) is -1.52. The van der Waals surface area contributed by atoms with Gasteiger partial charge in [-0.3, -0.25) is 9.79 Å². The van der Waals surface area contributed by atoms with Gasteiger partial charge in [-0.05, 0) is 12.5 Å². The molecule has 0 saturated heterocycles. The molecule has 1 unspecified atom stereocenters. The van der Waals surface area contributed by atoms with Gasteiger partial charge in [0, 0.05) is 0 Å². The van der Waals surface area contributed by atoms with E-state index in [1.807, 2.05) is 18.2 Å². The molecule has 0 spiro atoms. The van der Waals surface area contributed by atoms with Crippen LogP contribution >= 0.6 is 0 Å². The Morgan fingerprint density at radius 1 is 1.33 bits per heavy atom. The van der Waals surface area contributed by atoms with E-state index < -0.39 is 18.0 Å². The Balaban J connectivity index is 2.99. The highest BCUT2D eigenvalue weighted by Gasteiger charge is 2.17. The van der Waals surface area contributed by atoms with Gasteiger partial charge in [0.15, 0.2) is 0 Å². The van der Waals surface area contributed by atoms with Crippen LogP contribution in [0.4, 0.5) is 0 Å². The molecule has 1 rings (SSSR count). The Hall–Kier alpha value is -2.17. The monoisotopic (exact) mass is 249 g/mol. The van der Waals surface area contributed by atoms with Gasteiger partial charge in [-0.15, -0.1) is 0 Å². The highest BCUT2D eigenvalue weighted by Crippen LogP contribution is 2.21. The number of carboxylic acid groups (broad SMARTS) is 1. The third-order valence-electron chi connectivity index (χ3n) is 2.43. The number of aliphatic imine (C=N–C) groups is 1. The van der Waals surface area contributed by atoms with E-state index in [0.717, 1.165) is 5.56 Å². The molecule has 1 aromatic carbocycles. The van der Waals surface area contributed by atoms with Crippen molar-refractivity contribution >= 4 is 17.7 Å². The molecular formula is C13H15NO4. The first kappa shape index (κ1) is 13.9. The molecule has 96 valence electrons. The van der Waals surface area contributed by atoms with Crippen molar-refractivity contribution in [1.82, 2.24) is 0 Å². The van der Waals surface area contributed by atoms with Crippen LogP contribution in [0.15, 0.2) is 35.3 Å². The van der Waals surface area contributed by atoms with Crippen LogP contribution in [0.5, 0.6) is 0 Å². The molecule has 0 aliphatic heterocycles. The van der Waals surface area contributed by atoms with Crippen molar-refractivity contribution in [2.75, 3.05) is 7.11 Å². The van der Waals surface area contributed by atoms with Gasteiger partial charge in [0.2, 0.25) is 0 Å². The predicted molar refractivity (Wildman–Crippen MR) is 66.6 cm³/mol. The molecule has 0 amide bonds. The number of rotatable bonds is 5. The smallest absolute Gasteiger partial charge is 0.349 e. The highest BCUT2D eigenvalue weighted by atomic mass is 16.5. The molecule has 1 atom stereocenters. The van der Waals surface area contributed by atoms with Gasteiger partial charge >= 0.3 is 11.9 Å². The van der Waals surface area contributed by atoms with Crippen molar-refractivity contribution in [3.05, 3.63) is 35.9 Å². The van der Waals surface area contributed by atoms with E-state index in [1.54, 1.807) is 12.1 Å². The van der Waals surface area contributed by atoms with Crippen LogP contribution in [0.25, 0.3) is 0 Å². The topological polar surface area (TPSA) is 76.0 Å². The molecule has 0 aromatic heterocycles. The zero-order valence-electron chi connectivity index (χ0n) is 10.3. The first-order chi connectivity index (χ1) is 8.54. The standard InChI is InChI=1S/C13H15NO4/c1-9(13(16)17)14-11(8-12(15)18-2)10-6-4-3-5-7-10/h3-7,11H,8H2,1-2H3,(H,16,17). The van der Waals surface area contributed by atoms with E-state index in [2.05, 4.69) is 9.73 Å². The number of ether oxygens (including phenoxy) is 1. The van der Waals surface area contributed by atoms with Crippen LogP contribution in [0, 0.1) is 0 Å². The number of esters is 1. The summed E-state index contributed by atoms with van der Waals surface area (Å²) < 4.78 is 4.59. The lowest BCUT2D eigenvalue weighted by Crippen LogP contribution is -2.13. The third-order valence-corrected chi connectivity index (χ3v) is 2.43. The average Bonchev–Trinajstić information content (AvgIpc) is 2.38. The maximum atomic E-state index is 11.3. The minimum atomic E-state index is -1.10. The first-order valence-electron chi connectivity index (χ1n) is 5.44. The second kappa shape index (κ2) is 6.54. The van der Waals surface area contributed by atoms with Crippen molar-refractivity contribution in [2.45, 2.75) is 19.4 Å². The summed E-state index contributed by atoms with van der Waals surface area (Å²) in [6.07, 6.45) is 0.0190. The molecule has 0 bridgehead atoms. The van der Waals surface area contributed by atoms with Crippen LogP contribution in [-0.4, -0.2) is 29.9 Å². The Morgan fingerprint density at radius 3 is 2.44 bits per heavy atom. The fourth-order valence-corrected chi connectivity index (χ4v) is 1.44. The van der Waals surface area contributed by atoms with E-state index in [-0.39, 0.29) is 12.1 Å². The van der Waals surface area contributed by atoms with Gasteiger partial charge < -0.3 is 9.84 Å². The van der Waals surface area contributed by atoms with Gasteiger partial charge in [-0.25, -0.2) is 4.79 Å². The molecule has 1 aromatic rings. The van der Waals surface area contributed by atoms with E-state index in [0.29, 0.717) is 0 Å². The molecule has 5 nitrogen and oxygen atoms in total. The SMILES string of the molecule is COC(=O)CC(N=C(C)C(=O)O)c1ccccc1. The fraction of sp³-hybridized carbons (Fsp3) is 0.308. The quantitative estimate of drug-likeness (QED) is 0.638. The minimum Gasteiger partial charge on any atom is -0.477 e. The van der Waals surface area contributed by atoms with Crippen molar-refractivity contribution in [2.24, 2.45) is 4.99 Å². The lowest BCUT2D eigenvalue weighted by atomic mass is 10.0. The number of carboxylic acids is 1. The molecule has 1 N–H and O–H groups in total. The average molecular weight is 249 g/mol. The van der Waals surface area contributed by atoms with E-state index >= 15 is 0 Å². The van der Waals surface area contributed by atoms with Crippen LogP contribution in [-0.2, 0) is 14.3 Å². The molecule has 0 saturated carbocycles. The van der Waals surface area contributed by atoms with Crippen molar-refractivity contribution in [3.8, 4) is 0 Å². The maximum absolute atomic E-state index is 11.3. The number of carbonyl (C=O) groups excluding carboxylic acids is 1. The molecule has 0 aliphatic carbocycles. The van der Waals surface area contributed by atoms with E-state index in [4.69, 9.17) is 5.11 Å². The number of hydrogen-bond donors (Lipinski definition) is 1. The summed E-state index contributed by atoms with van der Waals surface area (Å²) in [7, 11) is 1.29. The fourth-order valence-electron chi connectivity index (χ4n) is 1.44. The molecule has 0 radical (unpaired) electrons. The Morgan fingerprint density at radius 2 is 1.94 bits per heavy atom. The number of benzene rings is 1. The minimum absolute atomic E-state index is 0.0190. The van der Waals surface area contributed by atoms with Crippen molar-refractivity contribution < 1.29 is 19.4 Å². The molecule has 0 fully saturated rings. The van der Waals surface area contributed by atoms with E-state index in [1.165, 1.54) is 14.0 Å². The normalized spacial score (nSPS) is 12.9. The van der Waals surface area contributed by atoms with Gasteiger partial charge in [-0.2, -0.15) is 0 Å². The second-order valence-corrected chi connectivity index (χ2v) is 3.73. The highest BCUT2D eigenvalue weighted by molar-refractivity contribution is 6.34. The molecule has 18 heavy (non-hydrogen) atoms. The van der Waals surface area contributed by atoms with Gasteiger partial charge in [-0.1, -0.05) is 30.3 Å². The lowest BCUT2D eigenvalue weighted by Gasteiger charge is -2.12. The van der Waals surface area contributed by atoms with Crippen LogP contribution in [0.3, 0.4) is 0 Å². The maximum Gasteiger partial charge on any atom is 0.349 e. The van der Waals surface area contributed by atoms with Gasteiger partial charge in [0.05, 0.1) is 19.6 Å². The Bertz CT molecular complexity index is 453. The number of nitrogens with zero attached hydrogens (tertiary/aromatic N) is 1. The van der Waals surface area contributed by atoms with Crippen molar-refractivity contribution in [3.63, 3.8) is 0 Å². The van der Waals surface area contributed by atoms with Crippen LogP contribution < -0.4 is 0 Å². The summed E-state index contributed by atoms with van der Waals surface area (Å²) in [4.78, 5) is 26.1. The van der Waals surface area contributed by atoms with Crippen LogP contribution in [0.1, 0.15) is 24.9 Å². The summed E-state index contributed by atoms with van der Waals surface area (Å²) in [5.41, 5.74) is 0.747. The number of aliphatic carboxylic acids is 1. The van der Waals surface area contributed by atoms with Gasteiger partial charge in [0.1, 0.15) is 5.71 Å². The largest absolute Gasteiger partial charge is 0.477 e. The zero-order valence-corrected chi connectivity index (χ0v) is 10.3. The second-order valence-electron chi connectivity index (χ2n) is 3.73.